The van der Waals surface area contributed by atoms with Gasteiger partial charge in [0.05, 0.1) is 0 Å². The third-order valence-electron chi connectivity index (χ3n) is 5.75. The largest absolute Gasteiger partial charge is 0.324 e. The predicted octanol–water partition coefficient (Wildman–Crippen LogP) is 6.75. The molecule has 170 valence electrons. The molecule has 0 radical (unpaired) electrons. The topological polar surface area (TPSA) is 59.8 Å². The normalized spacial score (nSPS) is 12.3. The number of anilines is 1. The highest BCUT2D eigenvalue weighted by atomic mass is 32.2. The maximum atomic E-state index is 13.4. The molecule has 0 unspecified atom stereocenters. The first-order valence-electron chi connectivity index (χ1n) is 11.4. The number of nitrogens with zero attached hydrogens (tertiary/aromatic N) is 3. The van der Waals surface area contributed by atoms with Crippen LogP contribution in [-0.2, 0) is 10.5 Å². The number of carbonyl (C=O) groups is 1. The second-order valence-electron chi connectivity index (χ2n) is 8.57. The van der Waals surface area contributed by atoms with Crippen LogP contribution in [0.2, 0.25) is 0 Å². The van der Waals surface area contributed by atoms with Crippen LogP contribution in [-0.4, -0.2) is 20.4 Å². The van der Waals surface area contributed by atoms with Crippen LogP contribution in [0.5, 0.6) is 0 Å². The van der Waals surface area contributed by atoms with Gasteiger partial charge in [-0.05, 0) is 54.7 Å². The Morgan fingerprint density at radius 1 is 1.06 bits per heavy atom. The highest BCUT2D eigenvalue weighted by Gasteiger charge is 2.25. The molecule has 5 nitrogen and oxygen atoms in total. The summed E-state index contributed by atoms with van der Waals surface area (Å²) < 4.78 is 1.99. The number of rotatable bonds is 8. The molecule has 0 aliphatic rings. The van der Waals surface area contributed by atoms with Crippen molar-refractivity contribution in [3.63, 3.8) is 0 Å². The van der Waals surface area contributed by atoms with Crippen LogP contribution in [0.25, 0.3) is 11.2 Å². The molecular formula is C27H30N4OS. The van der Waals surface area contributed by atoms with Gasteiger partial charge in [0, 0.05) is 17.6 Å². The molecule has 0 aliphatic heterocycles. The summed E-state index contributed by atoms with van der Waals surface area (Å²) in [6, 6.07) is 20.0. The van der Waals surface area contributed by atoms with Gasteiger partial charge in [-0.25, -0.2) is 9.97 Å². The van der Waals surface area contributed by atoms with Gasteiger partial charge in [-0.2, -0.15) is 0 Å². The molecule has 2 aromatic carbocycles. The van der Waals surface area contributed by atoms with E-state index in [0.29, 0.717) is 12.3 Å². The van der Waals surface area contributed by atoms with E-state index >= 15 is 0 Å². The minimum absolute atomic E-state index is 0.0584. The summed E-state index contributed by atoms with van der Waals surface area (Å²) >= 11 is 1.64. The van der Waals surface area contributed by atoms with Gasteiger partial charge in [-0.1, -0.05) is 74.5 Å². The zero-order valence-corrected chi connectivity index (χ0v) is 20.4. The number of amides is 1. The molecule has 6 heteroatoms. The second kappa shape index (κ2) is 10.2. The number of hydrogen-bond donors (Lipinski definition) is 1. The van der Waals surface area contributed by atoms with E-state index in [0.717, 1.165) is 27.8 Å². The SMILES string of the molecule is CC[C@H](C(=O)Nc1ccc(C(C)C)cc1)n1c(SCc2ccc(C)cc2)nc2cccnc21. The summed E-state index contributed by atoms with van der Waals surface area (Å²) in [5, 5.41) is 3.90. The molecule has 33 heavy (non-hydrogen) atoms. The Morgan fingerprint density at radius 2 is 1.79 bits per heavy atom. The fourth-order valence-corrected chi connectivity index (χ4v) is 4.79. The lowest BCUT2D eigenvalue weighted by molar-refractivity contribution is -0.119. The summed E-state index contributed by atoms with van der Waals surface area (Å²) in [6.45, 7) is 8.43. The second-order valence-corrected chi connectivity index (χ2v) is 9.52. The summed E-state index contributed by atoms with van der Waals surface area (Å²) in [5.74, 6) is 1.17. The average molecular weight is 459 g/mol. The van der Waals surface area contributed by atoms with Crippen molar-refractivity contribution in [1.82, 2.24) is 14.5 Å². The lowest BCUT2D eigenvalue weighted by atomic mass is 10.0. The molecule has 0 spiro atoms. The van der Waals surface area contributed by atoms with Gasteiger partial charge in [-0.15, -0.1) is 0 Å². The molecule has 4 aromatic rings. The Labute approximate surface area is 199 Å². The van der Waals surface area contributed by atoms with Gasteiger partial charge in [0.1, 0.15) is 11.6 Å². The van der Waals surface area contributed by atoms with Gasteiger partial charge in [-0.3, -0.25) is 9.36 Å². The number of nitrogens with one attached hydrogen (secondary N) is 1. The number of pyridine rings is 1. The van der Waals surface area contributed by atoms with E-state index < -0.39 is 6.04 Å². The number of fused-ring (bicyclic) bond motifs is 1. The Balaban J connectivity index is 1.61. The van der Waals surface area contributed by atoms with Crippen molar-refractivity contribution in [2.75, 3.05) is 5.32 Å². The highest BCUT2D eigenvalue weighted by Crippen LogP contribution is 2.31. The number of carbonyl (C=O) groups excluding carboxylic acids is 1. The summed E-state index contributed by atoms with van der Waals surface area (Å²) in [5.41, 5.74) is 6.05. The quantitative estimate of drug-likeness (QED) is 0.297. The average Bonchev–Trinajstić information content (AvgIpc) is 3.18. The monoisotopic (exact) mass is 458 g/mol. The van der Waals surface area contributed by atoms with Crippen molar-refractivity contribution < 1.29 is 4.79 Å². The maximum absolute atomic E-state index is 13.4. The number of benzene rings is 2. The summed E-state index contributed by atoms with van der Waals surface area (Å²) in [6.07, 6.45) is 2.39. The van der Waals surface area contributed by atoms with E-state index in [-0.39, 0.29) is 5.91 Å². The third-order valence-corrected chi connectivity index (χ3v) is 6.77. The first-order valence-corrected chi connectivity index (χ1v) is 12.4. The van der Waals surface area contributed by atoms with Crippen LogP contribution < -0.4 is 5.32 Å². The van der Waals surface area contributed by atoms with Crippen LogP contribution in [0.3, 0.4) is 0 Å². The third kappa shape index (κ3) is 5.28. The van der Waals surface area contributed by atoms with Crippen LogP contribution >= 0.6 is 11.8 Å². The number of hydrogen-bond acceptors (Lipinski definition) is 4. The molecule has 1 N–H and O–H groups in total. The number of aryl methyl sites for hydroxylation is 1. The fraction of sp³-hybridized carbons (Fsp3) is 0.296. The van der Waals surface area contributed by atoms with Crippen molar-refractivity contribution in [1.29, 1.82) is 0 Å². The highest BCUT2D eigenvalue weighted by molar-refractivity contribution is 7.98. The van der Waals surface area contributed by atoms with Crippen LogP contribution in [0.1, 0.15) is 55.8 Å². The summed E-state index contributed by atoms with van der Waals surface area (Å²) in [7, 11) is 0. The van der Waals surface area contributed by atoms with Gasteiger partial charge in [0.15, 0.2) is 10.8 Å². The molecule has 1 atom stereocenters. The van der Waals surface area contributed by atoms with E-state index in [1.54, 1.807) is 18.0 Å². The standard InChI is InChI=1S/C27H30N4OS/c1-5-24(26(32)29-22-14-12-21(13-15-22)18(2)3)31-25-23(7-6-16-28-25)30-27(31)33-17-20-10-8-19(4)9-11-20/h6-16,18,24H,5,17H2,1-4H3,(H,29,32)/t24-/m1/s1. The first kappa shape index (κ1) is 23.1. The molecular weight excluding hydrogens is 428 g/mol. The van der Waals surface area contributed by atoms with Gasteiger partial charge >= 0.3 is 0 Å². The lowest BCUT2D eigenvalue weighted by Gasteiger charge is -2.19. The van der Waals surface area contributed by atoms with E-state index in [1.165, 1.54) is 16.7 Å². The van der Waals surface area contributed by atoms with Gasteiger partial charge in [0.25, 0.3) is 0 Å². The van der Waals surface area contributed by atoms with E-state index in [2.05, 4.69) is 67.5 Å². The zero-order valence-electron chi connectivity index (χ0n) is 19.6. The van der Waals surface area contributed by atoms with Crippen molar-refractivity contribution in [3.8, 4) is 0 Å². The Morgan fingerprint density at radius 3 is 2.45 bits per heavy atom. The number of thioether (sulfide) groups is 1. The predicted molar refractivity (Wildman–Crippen MR) is 137 cm³/mol. The van der Waals surface area contributed by atoms with Crippen molar-refractivity contribution >= 4 is 34.5 Å². The molecule has 0 saturated heterocycles. The molecule has 1 amide bonds. The van der Waals surface area contributed by atoms with Crippen LogP contribution in [0.4, 0.5) is 5.69 Å². The smallest absolute Gasteiger partial charge is 0.247 e. The number of imidazole rings is 1. The van der Waals surface area contributed by atoms with E-state index in [9.17, 15) is 4.79 Å². The lowest BCUT2D eigenvalue weighted by Crippen LogP contribution is -2.26. The first-order chi connectivity index (χ1) is 16.0. The van der Waals surface area contributed by atoms with Gasteiger partial charge in [0.2, 0.25) is 5.91 Å². The van der Waals surface area contributed by atoms with Crippen LogP contribution in [0, 0.1) is 6.92 Å². The molecule has 2 heterocycles. The Kier molecular flexibility index (Phi) is 7.14. The molecule has 0 aliphatic carbocycles. The molecule has 0 bridgehead atoms. The van der Waals surface area contributed by atoms with E-state index in [1.807, 2.05) is 35.8 Å². The minimum Gasteiger partial charge on any atom is -0.324 e. The molecule has 0 saturated carbocycles. The van der Waals surface area contributed by atoms with E-state index in [4.69, 9.17) is 4.98 Å². The summed E-state index contributed by atoms with van der Waals surface area (Å²) in [4.78, 5) is 22.8. The minimum atomic E-state index is -0.407. The fourth-order valence-electron chi connectivity index (χ4n) is 3.79. The van der Waals surface area contributed by atoms with Crippen molar-refractivity contribution in [2.45, 2.75) is 57.0 Å². The Hall–Kier alpha value is -3.12. The zero-order chi connectivity index (χ0) is 23.4. The maximum Gasteiger partial charge on any atom is 0.247 e. The van der Waals surface area contributed by atoms with Crippen molar-refractivity contribution in [2.24, 2.45) is 0 Å². The molecule has 0 fully saturated rings. The Bertz CT molecular complexity index is 1230. The van der Waals surface area contributed by atoms with Crippen LogP contribution in [0.15, 0.2) is 72.0 Å². The number of aromatic nitrogens is 3. The molecule has 4 rings (SSSR count). The van der Waals surface area contributed by atoms with Crippen molar-refractivity contribution in [3.05, 3.63) is 83.6 Å². The van der Waals surface area contributed by atoms with Gasteiger partial charge < -0.3 is 5.32 Å². The molecule has 2 aromatic heterocycles.